The zero-order valence-electron chi connectivity index (χ0n) is 9.52. The minimum absolute atomic E-state index is 0.144. The van der Waals surface area contributed by atoms with Crippen LogP contribution in [-0.2, 0) is 9.59 Å². The molecule has 0 saturated carbocycles. The molecule has 2 rings (SSSR count). The van der Waals surface area contributed by atoms with Crippen molar-refractivity contribution in [3.8, 4) is 11.5 Å². The van der Waals surface area contributed by atoms with Gasteiger partial charge in [0.15, 0.2) is 0 Å². The number of methoxy groups -OCH3 is 2. The number of nitrogens with zero attached hydrogens (tertiary/aromatic N) is 1. The highest BCUT2D eigenvalue weighted by Gasteiger charge is 2.30. The quantitative estimate of drug-likeness (QED) is 0.775. The molecule has 0 atom stereocenters. The van der Waals surface area contributed by atoms with Crippen LogP contribution in [0.2, 0.25) is 0 Å². The van der Waals surface area contributed by atoms with Crippen LogP contribution in [0.5, 0.6) is 11.5 Å². The molecule has 0 spiro atoms. The lowest BCUT2D eigenvalue weighted by Crippen LogP contribution is -2.36. The number of amides is 2. The second-order valence-electron chi connectivity index (χ2n) is 3.48. The van der Waals surface area contributed by atoms with Crippen molar-refractivity contribution in [3.05, 3.63) is 18.2 Å². The second-order valence-corrected chi connectivity index (χ2v) is 3.48. The molecule has 1 aromatic rings. The average Bonchev–Trinajstić information content (AvgIpc) is 2.67. The molecule has 1 fully saturated rings. The largest absolute Gasteiger partial charge is 0.497 e. The third kappa shape index (κ3) is 2.01. The summed E-state index contributed by atoms with van der Waals surface area (Å²) in [6.07, 6.45) is -0.144. The fourth-order valence-electron chi connectivity index (χ4n) is 1.61. The van der Waals surface area contributed by atoms with Crippen molar-refractivity contribution < 1.29 is 19.1 Å². The van der Waals surface area contributed by atoms with Crippen molar-refractivity contribution in [2.24, 2.45) is 0 Å². The van der Waals surface area contributed by atoms with Crippen LogP contribution in [-0.4, -0.2) is 26.0 Å². The molecule has 1 heterocycles. The Morgan fingerprint density at radius 2 is 2.00 bits per heavy atom. The molecule has 0 unspecified atom stereocenters. The van der Waals surface area contributed by atoms with Crippen LogP contribution in [0.25, 0.3) is 0 Å². The first-order chi connectivity index (χ1) is 8.15. The number of hydrogen-bond acceptors (Lipinski definition) is 4. The third-order valence-corrected chi connectivity index (χ3v) is 2.43. The van der Waals surface area contributed by atoms with E-state index in [0.29, 0.717) is 17.2 Å². The lowest BCUT2D eigenvalue weighted by molar-refractivity contribution is -0.122. The number of ether oxygens (including phenoxy) is 2. The maximum absolute atomic E-state index is 11.6. The Morgan fingerprint density at radius 3 is 2.53 bits per heavy atom. The van der Waals surface area contributed by atoms with Crippen molar-refractivity contribution in [3.63, 3.8) is 0 Å². The molecule has 0 radical (unpaired) electrons. The maximum atomic E-state index is 11.6. The van der Waals surface area contributed by atoms with Crippen LogP contribution in [0.3, 0.4) is 0 Å². The monoisotopic (exact) mass is 236 g/mol. The van der Waals surface area contributed by atoms with E-state index in [4.69, 9.17) is 9.47 Å². The molecular weight excluding hydrogens is 224 g/mol. The SMILES string of the molecule is COc1ccc(N2NC(=O)CC2=O)c(OC)c1. The summed E-state index contributed by atoms with van der Waals surface area (Å²) in [4.78, 5) is 22.7. The van der Waals surface area contributed by atoms with E-state index >= 15 is 0 Å². The zero-order chi connectivity index (χ0) is 12.4. The second kappa shape index (κ2) is 4.32. The minimum Gasteiger partial charge on any atom is -0.497 e. The number of anilines is 1. The van der Waals surface area contributed by atoms with Crippen molar-refractivity contribution in [2.45, 2.75) is 6.42 Å². The molecule has 0 aromatic heterocycles. The summed E-state index contributed by atoms with van der Waals surface area (Å²) >= 11 is 0. The van der Waals surface area contributed by atoms with Crippen LogP contribution in [0, 0.1) is 0 Å². The van der Waals surface area contributed by atoms with E-state index in [0.717, 1.165) is 0 Å². The maximum Gasteiger partial charge on any atom is 0.255 e. The van der Waals surface area contributed by atoms with Gasteiger partial charge in [0.1, 0.15) is 23.6 Å². The van der Waals surface area contributed by atoms with Gasteiger partial charge in [-0.05, 0) is 12.1 Å². The van der Waals surface area contributed by atoms with Gasteiger partial charge < -0.3 is 9.47 Å². The van der Waals surface area contributed by atoms with Crippen LogP contribution in [0.15, 0.2) is 18.2 Å². The Kier molecular flexibility index (Phi) is 2.86. The van der Waals surface area contributed by atoms with E-state index in [9.17, 15) is 9.59 Å². The Balaban J connectivity index is 2.38. The van der Waals surface area contributed by atoms with Gasteiger partial charge in [0.2, 0.25) is 5.91 Å². The van der Waals surface area contributed by atoms with Gasteiger partial charge >= 0.3 is 0 Å². The Labute approximate surface area is 98.1 Å². The zero-order valence-corrected chi connectivity index (χ0v) is 9.52. The van der Waals surface area contributed by atoms with Crippen molar-refractivity contribution in [2.75, 3.05) is 19.2 Å². The number of carbonyl (C=O) groups is 2. The van der Waals surface area contributed by atoms with Gasteiger partial charge in [-0.3, -0.25) is 15.0 Å². The molecule has 0 bridgehead atoms. The van der Waals surface area contributed by atoms with Crippen molar-refractivity contribution >= 4 is 17.5 Å². The molecule has 90 valence electrons. The number of hydrogen-bond donors (Lipinski definition) is 1. The number of benzene rings is 1. The Bertz CT molecular complexity index is 473. The van der Waals surface area contributed by atoms with E-state index in [1.165, 1.54) is 19.2 Å². The third-order valence-electron chi connectivity index (χ3n) is 2.43. The van der Waals surface area contributed by atoms with Crippen LogP contribution >= 0.6 is 0 Å². The predicted molar refractivity (Wildman–Crippen MR) is 59.8 cm³/mol. The predicted octanol–water partition coefficient (Wildman–Crippen LogP) is 0.472. The van der Waals surface area contributed by atoms with Gasteiger partial charge in [0, 0.05) is 6.07 Å². The highest BCUT2D eigenvalue weighted by molar-refractivity contribution is 6.12. The fourth-order valence-corrected chi connectivity index (χ4v) is 1.61. The van der Waals surface area contributed by atoms with E-state index in [1.807, 2.05) is 0 Å². The van der Waals surface area contributed by atoms with E-state index < -0.39 is 0 Å². The molecule has 6 heteroatoms. The lowest BCUT2D eigenvalue weighted by atomic mass is 10.2. The van der Waals surface area contributed by atoms with Crippen molar-refractivity contribution in [1.29, 1.82) is 0 Å². The van der Waals surface area contributed by atoms with Gasteiger partial charge in [0.25, 0.3) is 5.91 Å². The Morgan fingerprint density at radius 1 is 1.24 bits per heavy atom. The standard InChI is InChI=1S/C11H12N2O4/c1-16-7-3-4-8(9(5-7)17-2)13-11(15)6-10(14)12-13/h3-5H,6H2,1-2H3,(H,12,14). The topological polar surface area (TPSA) is 67.9 Å². The van der Waals surface area contributed by atoms with Gasteiger partial charge in [-0.1, -0.05) is 0 Å². The van der Waals surface area contributed by atoms with Gasteiger partial charge in [-0.25, -0.2) is 5.01 Å². The molecule has 2 amide bonds. The molecule has 1 aliphatic rings. The van der Waals surface area contributed by atoms with Gasteiger partial charge in [-0.2, -0.15) is 0 Å². The molecule has 1 N–H and O–H groups in total. The molecule has 17 heavy (non-hydrogen) atoms. The highest BCUT2D eigenvalue weighted by atomic mass is 16.5. The van der Waals surface area contributed by atoms with E-state index in [2.05, 4.69) is 5.43 Å². The number of hydrazine groups is 1. The molecular formula is C11H12N2O4. The van der Waals surface area contributed by atoms with E-state index in [-0.39, 0.29) is 18.2 Å². The van der Waals surface area contributed by atoms with Crippen LogP contribution in [0.1, 0.15) is 6.42 Å². The number of carbonyl (C=O) groups excluding carboxylic acids is 2. The molecule has 1 saturated heterocycles. The normalized spacial score (nSPS) is 14.8. The summed E-state index contributed by atoms with van der Waals surface area (Å²) in [5, 5.41) is 1.18. The minimum atomic E-state index is -0.326. The molecule has 6 nitrogen and oxygen atoms in total. The number of rotatable bonds is 3. The summed E-state index contributed by atoms with van der Waals surface area (Å²) in [6, 6.07) is 4.99. The fraction of sp³-hybridized carbons (Fsp3) is 0.273. The number of nitrogens with one attached hydrogen (secondary N) is 1. The summed E-state index contributed by atoms with van der Waals surface area (Å²) in [5.41, 5.74) is 2.95. The lowest BCUT2D eigenvalue weighted by Gasteiger charge is -2.18. The summed E-state index contributed by atoms with van der Waals surface area (Å²) < 4.78 is 10.2. The highest BCUT2D eigenvalue weighted by Crippen LogP contribution is 2.32. The van der Waals surface area contributed by atoms with Crippen LogP contribution < -0.4 is 19.9 Å². The summed E-state index contributed by atoms with van der Waals surface area (Å²) in [6.45, 7) is 0. The smallest absolute Gasteiger partial charge is 0.255 e. The molecule has 1 aromatic carbocycles. The van der Waals surface area contributed by atoms with Crippen LogP contribution in [0.4, 0.5) is 5.69 Å². The summed E-state index contributed by atoms with van der Waals surface area (Å²) in [5.74, 6) is 0.440. The Hall–Kier alpha value is -2.24. The average molecular weight is 236 g/mol. The molecule has 0 aliphatic carbocycles. The van der Waals surface area contributed by atoms with Gasteiger partial charge in [0.05, 0.1) is 14.2 Å². The first-order valence-corrected chi connectivity index (χ1v) is 5.00. The molecule has 1 aliphatic heterocycles. The summed E-state index contributed by atoms with van der Waals surface area (Å²) in [7, 11) is 3.03. The van der Waals surface area contributed by atoms with Gasteiger partial charge in [-0.15, -0.1) is 0 Å². The van der Waals surface area contributed by atoms with E-state index in [1.54, 1.807) is 18.2 Å². The van der Waals surface area contributed by atoms with Crippen molar-refractivity contribution in [1.82, 2.24) is 5.43 Å². The first-order valence-electron chi connectivity index (χ1n) is 5.00. The first kappa shape index (κ1) is 11.3.